The number of ether oxygens (including phenoxy) is 1. The van der Waals surface area contributed by atoms with Gasteiger partial charge in [0.1, 0.15) is 11.5 Å². The molecule has 4 rings (SSSR count). The monoisotopic (exact) mass is 259 g/mol. The zero-order chi connectivity index (χ0) is 12.7. The van der Waals surface area contributed by atoms with E-state index in [9.17, 15) is 0 Å². The van der Waals surface area contributed by atoms with Gasteiger partial charge in [-0.05, 0) is 25.7 Å². The van der Waals surface area contributed by atoms with E-state index < -0.39 is 0 Å². The molecule has 0 atom stereocenters. The first kappa shape index (κ1) is 11.2. The summed E-state index contributed by atoms with van der Waals surface area (Å²) in [5.74, 6) is 1.92. The van der Waals surface area contributed by atoms with Gasteiger partial charge in [-0.15, -0.1) is 10.2 Å². The fourth-order valence-corrected chi connectivity index (χ4v) is 3.02. The van der Waals surface area contributed by atoms with Crippen molar-refractivity contribution in [2.45, 2.75) is 38.6 Å². The van der Waals surface area contributed by atoms with Crippen LogP contribution in [0.5, 0.6) is 0 Å². The van der Waals surface area contributed by atoms with Gasteiger partial charge in [0, 0.05) is 24.2 Å². The number of aromatic amines is 1. The van der Waals surface area contributed by atoms with Crippen molar-refractivity contribution in [3.63, 3.8) is 0 Å². The van der Waals surface area contributed by atoms with Crippen LogP contribution in [0, 0.1) is 0 Å². The molecule has 0 saturated carbocycles. The summed E-state index contributed by atoms with van der Waals surface area (Å²) in [5, 5.41) is 16.3. The van der Waals surface area contributed by atoms with Crippen LogP contribution in [-0.4, -0.2) is 38.2 Å². The molecule has 0 spiro atoms. The molecule has 6 nitrogen and oxygen atoms in total. The Morgan fingerprint density at radius 3 is 3.00 bits per heavy atom. The molecule has 100 valence electrons. The van der Waals surface area contributed by atoms with Crippen molar-refractivity contribution in [3.05, 3.63) is 17.1 Å². The molecule has 19 heavy (non-hydrogen) atoms. The Hall–Kier alpha value is -1.69. The summed E-state index contributed by atoms with van der Waals surface area (Å²) in [7, 11) is 0. The summed E-state index contributed by atoms with van der Waals surface area (Å²) in [6, 6.07) is 0. The number of H-pyrrole nitrogens is 1. The highest BCUT2D eigenvalue weighted by Gasteiger charge is 2.23. The van der Waals surface area contributed by atoms with Crippen molar-refractivity contribution in [1.29, 1.82) is 0 Å². The van der Waals surface area contributed by atoms with E-state index in [1.165, 1.54) is 24.1 Å². The molecule has 1 N–H and O–H groups in total. The molecule has 0 amide bonds. The minimum absolute atomic E-state index is 0.727. The SMILES string of the molecule is C1CCc2c(-c3nnc4n3CCOCC4)n[nH]c2C1. The molecule has 0 bridgehead atoms. The molecule has 0 unspecified atom stereocenters. The first-order valence-corrected chi connectivity index (χ1v) is 7.00. The molecule has 3 heterocycles. The van der Waals surface area contributed by atoms with Crippen molar-refractivity contribution in [1.82, 2.24) is 25.0 Å². The lowest BCUT2D eigenvalue weighted by Gasteiger charge is -2.11. The first-order valence-electron chi connectivity index (χ1n) is 7.00. The van der Waals surface area contributed by atoms with Gasteiger partial charge in [-0.1, -0.05) is 0 Å². The standard InChI is InChI=1S/C13H17N5O/c1-2-4-10-9(3-1)12(16-14-10)13-17-15-11-5-7-19-8-6-18(11)13/h1-8H2,(H,14,16). The summed E-state index contributed by atoms with van der Waals surface area (Å²) in [6.45, 7) is 2.28. The summed E-state index contributed by atoms with van der Waals surface area (Å²) in [4.78, 5) is 0. The average molecular weight is 259 g/mol. The third-order valence-corrected chi connectivity index (χ3v) is 4.02. The number of nitrogens with one attached hydrogen (secondary N) is 1. The Morgan fingerprint density at radius 1 is 1.05 bits per heavy atom. The van der Waals surface area contributed by atoms with Crippen LogP contribution in [0.1, 0.15) is 29.9 Å². The summed E-state index contributed by atoms with van der Waals surface area (Å²) in [6.07, 6.45) is 5.52. The topological polar surface area (TPSA) is 68.6 Å². The Labute approximate surface area is 111 Å². The molecule has 0 fully saturated rings. The van der Waals surface area contributed by atoms with Gasteiger partial charge in [0.15, 0.2) is 5.82 Å². The van der Waals surface area contributed by atoms with Crippen LogP contribution in [0.2, 0.25) is 0 Å². The van der Waals surface area contributed by atoms with Crippen molar-refractivity contribution >= 4 is 0 Å². The number of hydrogen-bond donors (Lipinski definition) is 1. The highest BCUT2D eigenvalue weighted by atomic mass is 16.5. The minimum Gasteiger partial charge on any atom is -0.379 e. The smallest absolute Gasteiger partial charge is 0.184 e. The maximum atomic E-state index is 5.50. The molecule has 2 aromatic heterocycles. The highest BCUT2D eigenvalue weighted by Crippen LogP contribution is 2.29. The highest BCUT2D eigenvalue weighted by molar-refractivity contribution is 5.57. The van der Waals surface area contributed by atoms with E-state index in [0.29, 0.717) is 0 Å². The van der Waals surface area contributed by atoms with Crippen LogP contribution >= 0.6 is 0 Å². The number of rotatable bonds is 1. The van der Waals surface area contributed by atoms with Crippen molar-refractivity contribution in [2.75, 3.05) is 13.2 Å². The number of fused-ring (bicyclic) bond motifs is 2. The van der Waals surface area contributed by atoms with Crippen molar-refractivity contribution in [3.8, 4) is 11.5 Å². The van der Waals surface area contributed by atoms with Crippen LogP contribution in [0.15, 0.2) is 0 Å². The van der Waals surface area contributed by atoms with Gasteiger partial charge in [-0.3, -0.25) is 5.10 Å². The van der Waals surface area contributed by atoms with Gasteiger partial charge in [0.05, 0.1) is 13.2 Å². The lowest BCUT2D eigenvalue weighted by atomic mass is 9.96. The number of aromatic nitrogens is 5. The molecule has 2 aromatic rings. The second kappa shape index (κ2) is 4.45. The molecule has 1 aliphatic heterocycles. The third-order valence-electron chi connectivity index (χ3n) is 4.02. The molecule has 6 heteroatoms. The average Bonchev–Trinajstić information content (AvgIpc) is 2.96. The molecular weight excluding hydrogens is 242 g/mol. The maximum absolute atomic E-state index is 5.50. The van der Waals surface area contributed by atoms with E-state index in [-0.39, 0.29) is 0 Å². The molecule has 1 aliphatic carbocycles. The van der Waals surface area contributed by atoms with Crippen LogP contribution in [-0.2, 0) is 30.5 Å². The lowest BCUT2D eigenvalue weighted by molar-refractivity contribution is 0.140. The molecule has 0 saturated heterocycles. The largest absolute Gasteiger partial charge is 0.379 e. The Balaban J connectivity index is 1.80. The van der Waals surface area contributed by atoms with Crippen LogP contribution in [0.25, 0.3) is 11.5 Å². The Kier molecular flexibility index (Phi) is 2.61. The van der Waals surface area contributed by atoms with E-state index in [4.69, 9.17) is 4.74 Å². The fraction of sp³-hybridized carbons (Fsp3) is 0.615. The van der Waals surface area contributed by atoms with Crippen LogP contribution < -0.4 is 0 Å². The first-order chi connectivity index (χ1) is 9.43. The summed E-state index contributed by atoms with van der Waals surface area (Å²) >= 11 is 0. The van der Waals surface area contributed by atoms with Gasteiger partial charge < -0.3 is 9.30 Å². The van der Waals surface area contributed by atoms with Crippen molar-refractivity contribution in [2.24, 2.45) is 0 Å². The van der Waals surface area contributed by atoms with E-state index in [2.05, 4.69) is 25.0 Å². The van der Waals surface area contributed by atoms with E-state index in [1.54, 1.807) is 0 Å². The Bertz CT molecular complexity index is 600. The second-order valence-electron chi connectivity index (χ2n) is 5.19. The van der Waals surface area contributed by atoms with E-state index >= 15 is 0 Å². The van der Waals surface area contributed by atoms with Gasteiger partial charge in [-0.25, -0.2) is 0 Å². The van der Waals surface area contributed by atoms with Gasteiger partial charge in [0.2, 0.25) is 0 Å². The summed E-state index contributed by atoms with van der Waals surface area (Å²) < 4.78 is 7.67. The van der Waals surface area contributed by atoms with E-state index in [0.717, 1.165) is 56.4 Å². The van der Waals surface area contributed by atoms with Gasteiger partial charge in [-0.2, -0.15) is 5.10 Å². The number of aryl methyl sites for hydroxylation is 1. The molecule has 0 aromatic carbocycles. The zero-order valence-corrected chi connectivity index (χ0v) is 10.9. The maximum Gasteiger partial charge on any atom is 0.184 e. The Morgan fingerprint density at radius 2 is 2.00 bits per heavy atom. The molecule has 0 radical (unpaired) electrons. The molecule has 2 aliphatic rings. The predicted molar refractivity (Wildman–Crippen MR) is 68.8 cm³/mol. The lowest BCUT2D eigenvalue weighted by Crippen LogP contribution is -2.07. The zero-order valence-electron chi connectivity index (χ0n) is 10.9. The van der Waals surface area contributed by atoms with Gasteiger partial charge >= 0.3 is 0 Å². The minimum atomic E-state index is 0.727. The molecular formula is C13H17N5O. The van der Waals surface area contributed by atoms with Gasteiger partial charge in [0.25, 0.3) is 0 Å². The number of nitrogens with zero attached hydrogens (tertiary/aromatic N) is 4. The van der Waals surface area contributed by atoms with Crippen molar-refractivity contribution < 1.29 is 4.74 Å². The van der Waals surface area contributed by atoms with Crippen LogP contribution in [0.4, 0.5) is 0 Å². The van der Waals surface area contributed by atoms with E-state index in [1.807, 2.05) is 0 Å². The summed E-state index contributed by atoms with van der Waals surface area (Å²) in [5.41, 5.74) is 3.62. The quantitative estimate of drug-likeness (QED) is 0.833. The fourth-order valence-electron chi connectivity index (χ4n) is 3.02. The second-order valence-corrected chi connectivity index (χ2v) is 5.19. The van der Waals surface area contributed by atoms with Crippen LogP contribution in [0.3, 0.4) is 0 Å². The predicted octanol–water partition coefficient (Wildman–Crippen LogP) is 1.12. The third kappa shape index (κ3) is 1.78. The number of hydrogen-bond acceptors (Lipinski definition) is 4. The normalized spacial score (nSPS) is 18.7.